The lowest BCUT2D eigenvalue weighted by molar-refractivity contribution is -0.694. The Morgan fingerprint density at radius 2 is 1.81 bits per heavy atom. The van der Waals surface area contributed by atoms with Crippen molar-refractivity contribution in [1.82, 2.24) is 0 Å². The summed E-state index contributed by atoms with van der Waals surface area (Å²) in [6, 6.07) is 14.4. The van der Waals surface area contributed by atoms with Gasteiger partial charge in [0.2, 0.25) is 0 Å². The molecular weight excluding hydrogens is 198 g/mol. The van der Waals surface area contributed by atoms with E-state index >= 15 is 0 Å². The summed E-state index contributed by atoms with van der Waals surface area (Å²) in [7, 11) is 1.69. The van der Waals surface area contributed by atoms with E-state index in [-0.39, 0.29) is 0 Å². The predicted octanol–water partition coefficient (Wildman–Crippen LogP) is 2.34. The highest BCUT2D eigenvalue weighted by Crippen LogP contribution is 2.10. The van der Waals surface area contributed by atoms with Gasteiger partial charge in [0.1, 0.15) is 5.75 Å². The maximum absolute atomic E-state index is 5.14. The molecule has 2 rings (SSSR count). The van der Waals surface area contributed by atoms with Gasteiger partial charge >= 0.3 is 0 Å². The summed E-state index contributed by atoms with van der Waals surface area (Å²) in [6.45, 7) is 3.01. The standard InChI is InChI=1S/C14H16NO/c1-12-5-3-4-10-15(12)11-13-6-8-14(16-2)9-7-13/h3-10H,11H2,1-2H3/q+1. The topological polar surface area (TPSA) is 13.1 Å². The Bertz CT molecular complexity index is 462. The Kier molecular flexibility index (Phi) is 3.20. The Balaban J connectivity index is 2.18. The van der Waals surface area contributed by atoms with Crippen molar-refractivity contribution in [3.05, 3.63) is 59.9 Å². The van der Waals surface area contributed by atoms with Gasteiger partial charge in [-0.15, -0.1) is 0 Å². The fourth-order valence-electron chi connectivity index (χ4n) is 1.67. The normalized spacial score (nSPS) is 10.1. The second-order valence-electron chi connectivity index (χ2n) is 3.82. The summed E-state index contributed by atoms with van der Waals surface area (Å²) in [4.78, 5) is 0. The van der Waals surface area contributed by atoms with Gasteiger partial charge in [0.15, 0.2) is 18.4 Å². The lowest BCUT2D eigenvalue weighted by Gasteiger charge is -2.02. The molecule has 0 N–H and O–H groups in total. The van der Waals surface area contributed by atoms with Gasteiger partial charge in [0.05, 0.1) is 7.11 Å². The molecule has 0 aliphatic rings. The molecule has 0 atom stereocenters. The Labute approximate surface area is 96.1 Å². The van der Waals surface area contributed by atoms with Crippen LogP contribution in [0.25, 0.3) is 0 Å². The van der Waals surface area contributed by atoms with Gasteiger partial charge < -0.3 is 4.74 Å². The molecule has 2 aromatic rings. The number of methoxy groups -OCH3 is 1. The molecule has 0 radical (unpaired) electrons. The lowest BCUT2D eigenvalue weighted by atomic mass is 10.2. The van der Waals surface area contributed by atoms with E-state index in [1.807, 2.05) is 12.1 Å². The second-order valence-corrected chi connectivity index (χ2v) is 3.82. The number of hydrogen-bond acceptors (Lipinski definition) is 1. The highest BCUT2D eigenvalue weighted by Gasteiger charge is 2.05. The first-order valence-electron chi connectivity index (χ1n) is 5.37. The van der Waals surface area contributed by atoms with Crippen molar-refractivity contribution in [2.75, 3.05) is 7.11 Å². The van der Waals surface area contributed by atoms with E-state index < -0.39 is 0 Å². The Hall–Kier alpha value is -1.83. The quantitative estimate of drug-likeness (QED) is 0.715. The van der Waals surface area contributed by atoms with Crippen molar-refractivity contribution < 1.29 is 9.30 Å². The van der Waals surface area contributed by atoms with Crippen LogP contribution in [-0.2, 0) is 6.54 Å². The van der Waals surface area contributed by atoms with Gasteiger partial charge in [-0.05, 0) is 24.3 Å². The van der Waals surface area contributed by atoms with Gasteiger partial charge in [0.25, 0.3) is 0 Å². The van der Waals surface area contributed by atoms with Crippen molar-refractivity contribution in [2.45, 2.75) is 13.5 Å². The van der Waals surface area contributed by atoms with Gasteiger partial charge in [0, 0.05) is 24.6 Å². The summed E-state index contributed by atoms with van der Waals surface area (Å²) in [6.07, 6.45) is 2.10. The van der Waals surface area contributed by atoms with E-state index in [4.69, 9.17) is 4.74 Å². The molecule has 0 spiro atoms. The molecule has 1 aromatic heterocycles. The molecule has 1 heterocycles. The van der Waals surface area contributed by atoms with Gasteiger partial charge in [-0.2, -0.15) is 4.57 Å². The number of rotatable bonds is 3. The van der Waals surface area contributed by atoms with Crippen molar-refractivity contribution in [2.24, 2.45) is 0 Å². The number of aryl methyl sites for hydroxylation is 1. The number of ether oxygens (including phenoxy) is 1. The van der Waals surface area contributed by atoms with Crippen LogP contribution in [0.15, 0.2) is 48.7 Å². The third kappa shape index (κ3) is 2.40. The van der Waals surface area contributed by atoms with Gasteiger partial charge in [-0.25, -0.2) is 0 Å². The molecule has 16 heavy (non-hydrogen) atoms. The molecule has 0 saturated carbocycles. The van der Waals surface area contributed by atoms with E-state index in [0.29, 0.717) is 0 Å². The van der Waals surface area contributed by atoms with Crippen LogP contribution in [0.2, 0.25) is 0 Å². The van der Waals surface area contributed by atoms with E-state index in [9.17, 15) is 0 Å². The summed E-state index contributed by atoms with van der Waals surface area (Å²) < 4.78 is 7.36. The maximum atomic E-state index is 5.14. The molecule has 0 saturated heterocycles. The largest absolute Gasteiger partial charge is 0.497 e. The number of benzene rings is 1. The molecule has 0 bridgehead atoms. The number of aromatic nitrogens is 1. The molecule has 2 nitrogen and oxygen atoms in total. The van der Waals surface area contributed by atoms with E-state index in [1.54, 1.807) is 7.11 Å². The smallest absolute Gasteiger partial charge is 0.178 e. The van der Waals surface area contributed by atoms with Crippen molar-refractivity contribution in [3.63, 3.8) is 0 Å². The third-order valence-electron chi connectivity index (χ3n) is 2.68. The van der Waals surface area contributed by atoms with Crippen molar-refractivity contribution >= 4 is 0 Å². The van der Waals surface area contributed by atoms with Crippen LogP contribution in [0, 0.1) is 6.92 Å². The maximum Gasteiger partial charge on any atom is 0.178 e. The first kappa shape index (κ1) is 10.7. The highest BCUT2D eigenvalue weighted by molar-refractivity contribution is 5.26. The second kappa shape index (κ2) is 4.79. The molecule has 1 aromatic carbocycles. The summed E-state index contributed by atoms with van der Waals surface area (Å²) >= 11 is 0. The van der Waals surface area contributed by atoms with Crippen LogP contribution in [0.5, 0.6) is 5.75 Å². The van der Waals surface area contributed by atoms with Gasteiger partial charge in [-0.3, -0.25) is 0 Å². The van der Waals surface area contributed by atoms with Gasteiger partial charge in [-0.1, -0.05) is 6.07 Å². The molecule has 82 valence electrons. The molecular formula is C14H16NO+. The molecule has 0 aliphatic heterocycles. The van der Waals surface area contributed by atoms with Crippen LogP contribution < -0.4 is 9.30 Å². The minimum atomic E-state index is 0.899. The SMILES string of the molecule is COc1ccc(C[n+]2ccccc2C)cc1. The van der Waals surface area contributed by atoms with E-state index in [1.165, 1.54) is 11.3 Å². The van der Waals surface area contributed by atoms with Crippen LogP contribution in [0.1, 0.15) is 11.3 Å². The predicted molar refractivity (Wildman–Crippen MR) is 63.5 cm³/mol. The van der Waals surface area contributed by atoms with E-state index in [0.717, 1.165) is 12.3 Å². The summed E-state index contributed by atoms with van der Waals surface area (Å²) in [5.41, 5.74) is 2.54. The average Bonchev–Trinajstić information content (AvgIpc) is 2.33. The number of hydrogen-bond donors (Lipinski definition) is 0. The molecule has 0 unspecified atom stereocenters. The first-order valence-corrected chi connectivity index (χ1v) is 5.37. The minimum absolute atomic E-state index is 0.899. The van der Waals surface area contributed by atoms with Crippen LogP contribution in [0.4, 0.5) is 0 Å². The van der Waals surface area contributed by atoms with Crippen molar-refractivity contribution in [1.29, 1.82) is 0 Å². The Morgan fingerprint density at radius 1 is 1.06 bits per heavy atom. The third-order valence-corrected chi connectivity index (χ3v) is 2.68. The molecule has 0 amide bonds. The number of pyridine rings is 1. The molecule has 0 fully saturated rings. The molecule has 0 aliphatic carbocycles. The number of nitrogens with zero attached hydrogens (tertiary/aromatic N) is 1. The van der Waals surface area contributed by atoms with E-state index in [2.05, 4.69) is 48.0 Å². The summed E-state index contributed by atoms with van der Waals surface area (Å²) in [5, 5.41) is 0. The average molecular weight is 214 g/mol. The fraction of sp³-hybridized carbons (Fsp3) is 0.214. The zero-order chi connectivity index (χ0) is 11.4. The van der Waals surface area contributed by atoms with Crippen LogP contribution in [0.3, 0.4) is 0 Å². The van der Waals surface area contributed by atoms with Crippen molar-refractivity contribution in [3.8, 4) is 5.75 Å². The van der Waals surface area contributed by atoms with Crippen LogP contribution >= 0.6 is 0 Å². The lowest BCUT2D eigenvalue weighted by Crippen LogP contribution is -2.36. The minimum Gasteiger partial charge on any atom is -0.497 e. The molecule has 2 heteroatoms. The zero-order valence-corrected chi connectivity index (χ0v) is 9.68. The highest BCUT2D eigenvalue weighted by atomic mass is 16.5. The summed E-state index contributed by atoms with van der Waals surface area (Å²) in [5.74, 6) is 0.901. The zero-order valence-electron chi connectivity index (χ0n) is 9.68. The first-order chi connectivity index (χ1) is 7.79. The van der Waals surface area contributed by atoms with Crippen LogP contribution in [-0.4, -0.2) is 7.11 Å². The monoisotopic (exact) mass is 214 g/mol. The Morgan fingerprint density at radius 3 is 2.44 bits per heavy atom. The fourth-order valence-corrected chi connectivity index (χ4v) is 1.67.